The molecule has 3 heterocycles. The number of aliphatic carboxylic acids is 1. The van der Waals surface area contributed by atoms with E-state index in [1.165, 1.54) is 18.0 Å². The third-order valence-electron chi connectivity index (χ3n) is 6.60. The van der Waals surface area contributed by atoms with Crippen LogP contribution < -0.4 is 5.32 Å². The van der Waals surface area contributed by atoms with Gasteiger partial charge in [0.05, 0.1) is 12.9 Å². The Morgan fingerprint density at radius 1 is 1.05 bits per heavy atom. The third-order valence-corrected chi connectivity index (χ3v) is 6.60. The number of ether oxygens (including phenoxy) is 2. The summed E-state index contributed by atoms with van der Waals surface area (Å²) in [6, 6.07) is 20.1. The maximum Gasteiger partial charge on any atom is 0.311 e. The Hall–Kier alpha value is -3.90. The van der Waals surface area contributed by atoms with Crippen LogP contribution in [0.4, 0.5) is 5.82 Å². The number of rotatable bonds is 10. The fraction of sp³-hybridized carbons (Fsp3) is 0.333. The Labute approximate surface area is 218 Å². The molecule has 1 aliphatic heterocycles. The molecular weight excluding hydrogens is 490 g/mol. The van der Waals surface area contributed by atoms with Crippen molar-refractivity contribution in [1.82, 2.24) is 19.5 Å². The van der Waals surface area contributed by atoms with E-state index in [0.29, 0.717) is 17.9 Å². The zero-order chi connectivity index (χ0) is 26.6. The summed E-state index contributed by atoms with van der Waals surface area (Å²) in [5.74, 6) is -0.659. The maximum absolute atomic E-state index is 11.5. The van der Waals surface area contributed by atoms with Crippen LogP contribution in [0, 0.1) is 0 Å². The first-order valence-electron chi connectivity index (χ1n) is 12.3. The highest BCUT2D eigenvalue weighted by Crippen LogP contribution is 2.33. The van der Waals surface area contributed by atoms with E-state index in [9.17, 15) is 20.1 Å². The van der Waals surface area contributed by atoms with Crippen molar-refractivity contribution >= 4 is 23.0 Å². The van der Waals surface area contributed by atoms with Gasteiger partial charge in [-0.25, -0.2) is 15.0 Å². The maximum atomic E-state index is 11.5. The molecule has 0 spiro atoms. The molecular formula is C27H29N5O6. The lowest BCUT2D eigenvalue weighted by Crippen LogP contribution is -2.33. The minimum atomic E-state index is -1.26. The summed E-state index contributed by atoms with van der Waals surface area (Å²) < 4.78 is 12.4. The minimum absolute atomic E-state index is 0.0163. The summed E-state index contributed by atoms with van der Waals surface area (Å²) in [6.45, 7) is 0.546. The molecule has 11 nitrogen and oxygen atoms in total. The Morgan fingerprint density at radius 2 is 1.71 bits per heavy atom. The SMILES string of the molecule is COCC1OC(n2cnc3c(NCC(c4ccccc4)c4ccccc4)nc(CC(=O)O)nc32)C(O)C1O. The molecule has 0 aliphatic carbocycles. The molecule has 1 saturated heterocycles. The lowest BCUT2D eigenvalue weighted by atomic mass is 9.91. The molecule has 4 atom stereocenters. The molecule has 0 bridgehead atoms. The quantitative estimate of drug-likeness (QED) is 0.245. The number of hydrogen-bond acceptors (Lipinski definition) is 9. The van der Waals surface area contributed by atoms with Crippen molar-refractivity contribution in [3.8, 4) is 0 Å². The van der Waals surface area contributed by atoms with Gasteiger partial charge in [0.25, 0.3) is 0 Å². The lowest BCUT2D eigenvalue weighted by Gasteiger charge is -2.20. The van der Waals surface area contributed by atoms with Crippen molar-refractivity contribution in [3.05, 3.63) is 83.9 Å². The van der Waals surface area contributed by atoms with Crippen LogP contribution in [0.1, 0.15) is 29.1 Å². The lowest BCUT2D eigenvalue weighted by molar-refractivity contribution is -0.136. The number of carboxylic acids is 1. The van der Waals surface area contributed by atoms with Crippen molar-refractivity contribution in [2.75, 3.05) is 25.6 Å². The summed E-state index contributed by atoms with van der Waals surface area (Å²) in [5, 5.41) is 33.8. The van der Waals surface area contributed by atoms with Crippen LogP contribution in [-0.4, -0.2) is 79.4 Å². The van der Waals surface area contributed by atoms with Crippen LogP contribution in [0.25, 0.3) is 11.2 Å². The Kier molecular flexibility index (Phi) is 7.61. The molecule has 2 aromatic heterocycles. The van der Waals surface area contributed by atoms with Crippen LogP contribution in [0.5, 0.6) is 0 Å². The Balaban J connectivity index is 1.51. The number of aromatic nitrogens is 4. The molecule has 198 valence electrons. The predicted octanol–water partition coefficient (Wildman–Crippen LogP) is 1.96. The van der Waals surface area contributed by atoms with Gasteiger partial charge in [0.15, 0.2) is 23.2 Å². The van der Waals surface area contributed by atoms with E-state index in [1.807, 2.05) is 36.4 Å². The molecule has 11 heteroatoms. The number of imidazole rings is 1. The van der Waals surface area contributed by atoms with Crippen molar-refractivity contribution in [2.24, 2.45) is 0 Å². The monoisotopic (exact) mass is 519 g/mol. The van der Waals surface area contributed by atoms with E-state index in [0.717, 1.165) is 11.1 Å². The molecule has 0 radical (unpaired) electrons. The minimum Gasteiger partial charge on any atom is -0.481 e. The third kappa shape index (κ3) is 5.22. The number of carboxylic acid groups (broad SMARTS) is 1. The number of nitrogens with one attached hydrogen (secondary N) is 1. The number of benzene rings is 2. The number of anilines is 1. The van der Waals surface area contributed by atoms with E-state index in [4.69, 9.17) is 9.47 Å². The fourth-order valence-corrected chi connectivity index (χ4v) is 4.74. The van der Waals surface area contributed by atoms with Gasteiger partial charge in [-0.3, -0.25) is 9.36 Å². The number of methoxy groups -OCH3 is 1. The van der Waals surface area contributed by atoms with Crippen LogP contribution >= 0.6 is 0 Å². The second-order valence-corrected chi connectivity index (χ2v) is 9.14. The molecule has 4 N–H and O–H groups in total. The number of fused-ring (bicyclic) bond motifs is 1. The van der Waals surface area contributed by atoms with Crippen molar-refractivity contribution in [1.29, 1.82) is 0 Å². The van der Waals surface area contributed by atoms with Crippen LogP contribution in [0.15, 0.2) is 67.0 Å². The zero-order valence-electron chi connectivity index (χ0n) is 20.7. The summed E-state index contributed by atoms with van der Waals surface area (Å²) in [5.41, 5.74) is 2.88. The number of aliphatic hydroxyl groups is 2. The number of aliphatic hydroxyl groups excluding tert-OH is 2. The average Bonchev–Trinajstić information content (AvgIpc) is 3.46. The van der Waals surface area contributed by atoms with Gasteiger partial charge in [-0.2, -0.15) is 0 Å². The van der Waals surface area contributed by atoms with Gasteiger partial charge >= 0.3 is 5.97 Å². The topological polar surface area (TPSA) is 152 Å². The summed E-state index contributed by atoms with van der Waals surface area (Å²) in [7, 11) is 1.48. The second-order valence-electron chi connectivity index (χ2n) is 9.14. The molecule has 1 fully saturated rings. The summed E-state index contributed by atoms with van der Waals surface area (Å²) in [6.07, 6.45) is -3.13. The van der Waals surface area contributed by atoms with Crippen molar-refractivity contribution < 1.29 is 29.6 Å². The van der Waals surface area contributed by atoms with Gasteiger partial charge in [-0.15, -0.1) is 0 Å². The summed E-state index contributed by atoms with van der Waals surface area (Å²) in [4.78, 5) is 24.9. The van der Waals surface area contributed by atoms with Gasteiger partial charge in [0.1, 0.15) is 30.6 Å². The first-order chi connectivity index (χ1) is 18.5. The van der Waals surface area contributed by atoms with Crippen LogP contribution in [0.3, 0.4) is 0 Å². The standard InChI is InChI=1S/C27H29N5O6/c1-37-14-19-23(35)24(36)27(38-19)32-15-29-22-25(30-20(12-21(33)34)31-26(22)32)28-13-18(16-8-4-2-5-9-16)17-10-6-3-7-11-17/h2-11,15,18-19,23-24,27,35-36H,12-14H2,1H3,(H,33,34)(H,28,30,31). The molecule has 1 aliphatic rings. The van der Waals surface area contributed by atoms with E-state index < -0.39 is 36.9 Å². The zero-order valence-corrected chi connectivity index (χ0v) is 20.7. The van der Waals surface area contributed by atoms with Crippen LogP contribution in [-0.2, 0) is 20.7 Å². The van der Waals surface area contributed by atoms with Crippen LogP contribution in [0.2, 0.25) is 0 Å². The van der Waals surface area contributed by atoms with Crippen molar-refractivity contribution in [2.45, 2.75) is 36.9 Å². The largest absolute Gasteiger partial charge is 0.481 e. The second kappa shape index (κ2) is 11.2. The Morgan fingerprint density at radius 3 is 2.32 bits per heavy atom. The first kappa shape index (κ1) is 25.7. The molecule has 38 heavy (non-hydrogen) atoms. The summed E-state index contributed by atoms with van der Waals surface area (Å²) >= 11 is 0. The average molecular weight is 520 g/mol. The first-order valence-corrected chi connectivity index (χ1v) is 12.3. The van der Waals surface area contributed by atoms with Crippen molar-refractivity contribution in [3.63, 3.8) is 0 Å². The fourth-order valence-electron chi connectivity index (χ4n) is 4.74. The molecule has 4 unspecified atom stereocenters. The molecule has 0 saturated carbocycles. The number of hydrogen-bond donors (Lipinski definition) is 4. The predicted molar refractivity (Wildman–Crippen MR) is 138 cm³/mol. The highest BCUT2D eigenvalue weighted by atomic mass is 16.6. The number of nitrogens with zero attached hydrogens (tertiary/aromatic N) is 4. The van der Waals surface area contributed by atoms with Gasteiger partial charge in [-0.1, -0.05) is 60.7 Å². The van der Waals surface area contributed by atoms with Gasteiger partial charge in [0.2, 0.25) is 0 Å². The van der Waals surface area contributed by atoms with Gasteiger partial charge in [0, 0.05) is 19.6 Å². The molecule has 5 rings (SSSR count). The number of carbonyl (C=O) groups is 1. The highest BCUT2D eigenvalue weighted by molar-refractivity contribution is 5.84. The van der Waals surface area contributed by atoms with E-state index in [1.54, 1.807) is 0 Å². The Bertz CT molecular complexity index is 1340. The van der Waals surface area contributed by atoms with E-state index >= 15 is 0 Å². The van der Waals surface area contributed by atoms with E-state index in [-0.39, 0.29) is 24.0 Å². The highest BCUT2D eigenvalue weighted by Gasteiger charge is 2.44. The molecule has 2 aromatic carbocycles. The van der Waals surface area contributed by atoms with Gasteiger partial charge in [-0.05, 0) is 11.1 Å². The molecule has 0 amide bonds. The normalized spacial score (nSPS) is 21.3. The smallest absolute Gasteiger partial charge is 0.311 e. The van der Waals surface area contributed by atoms with E-state index in [2.05, 4.69) is 44.5 Å². The molecule has 4 aromatic rings. The van der Waals surface area contributed by atoms with Gasteiger partial charge < -0.3 is 30.1 Å².